The van der Waals surface area contributed by atoms with E-state index in [9.17, 15) is 9.59 Å². The number of aromatic nitrogens is 1. The Balaban J connectivity index is 1.41. The summed E-state index contributed by atoms with van der Waals surface area (Å²) in [6.07, 6.45) is 0.531. The summed E-state index contributed by atoms with van der Waals surface area (Å²) in [6.45, 7) is 0.0311. The van der Waals surface area contributed by atoms with E-state index in [0.29, 0.717) is 23.6 Å². The highest BCUT2D eigenvalue weighted by Crippen LogP contribution is 2.26. The smallest absolute Gasteiger partial charge is 0.274 e. The summed E-state index contributed by atoms with van der Waals surface area (Å²) in [5, 5.41) is 9.19. The summed E-state index contributed by atoms with van der Waals surface area (Å²) in [7, 11) is 0. The maximum absolute atomic E-state index is 12.4. The van der Waals surface area contributed by atoms with Gasteiger partial charge in [-0.15, -0.1) is 0 Å². The molecule has 1 aliphatic rings. The van der Waals surface area contributed by atoms with Crippen LogP contribution in [0, 0.1) is 0 Å². The highest BCUT2D eigenvalue weighted by molar-refractivity contribution is 6.01. The first-order valence-corrected chi connectivity index (χ1v) is 8.52. The quantitative estimate of drug-likeness (QED) is 0.742. The van der Waals surface area contributed by atoms with Crippen LogP contribution in [0.2, 0.25) is 0 Å². The van der Waals surface area contributed by atoms with Crippen molar-refractivity contribution < 1.29 is 18.8 Å². The minimum absolute atomic E-state index is 0.0311. The van der Waals surface area contributed by atoms with E-state index in [4.69, 9.17) is 9.26 Å². The normalized spacial score (nSPS) is 15.9. The summed E-state index contributed by atoms with van der Waals surface area (Å²) in [5.41, 5.74) is 1.75. The van der Waals surface area contributed by atoms with Gasteiger partial charge in [0.15, 0.2) is 5.69 Å². The number of amides is 2. The van der Waals surface area contributed by atoms with Crippen LogP contribution in [-0.4, -0.2) is 29.6 Å². The Morgan fingerprint density at radius 1 is 1.15 bits per heavy atom. The molecule has 7 nitrogen and oxygen atoms in total. The fourth-order valence-electron chi connectivity index (χ4n) is 2.80. The average molecular weight is 363 g/mol. The van der Waals surface area contributed by atoms with Gasteiger partial charge in [0.05, 0.1) is 5.69 Å². The molecule has 4 rings (SSSR count). The Kier molecular flexibility index (Phi) is 4.57. The number of hydrogen-bond donors (Lipinski definition) is 2. The van der Waals surface area contributed by atoms with Gasteiger partial charge in [-0.25, -0.2) is 0 Å². The van der Waals surface area contributed by atoms with Crippen LogP contribution >= 0.6 is 0 Å². The van der Waals surface area contributed by atoms with Gasteiger partial charge in [-0.1, -0.05) is 47.6 Å². The van der Waals surface area contributed by atoms with E-state index in [2.05, 4.69) is 15.8 Å². The molecular formula is C20H17N3O4. The highest BCUT2D eigenvalue weighted by Gasteiger charge is 2.27. The summed E-state index contributed by atoms with van der Waals surface area (Å²) >= 11 is 0. The Morgan fingerprint density at radius 2 is 1.93 bits per heavy atom. The van der Waals surface area contributed by atoms with Crippen LogP contribution in [0.1, 0.15) is 21.8 Å². The van der Waals surface area contributed by atoms with E-state index < -0.39 is 11.9 Å². The van der Waals surface area contributed by atoms with Crippen molar-refractivity contribution in [2.75, 3.05) is 11.9 Å². The van der Waals surface area contributed by atoms with Gasteiger partial charge in [-0.2, -0.15) is 0 Å². The van der Waals surface area contributed by atoms with E-state index in [-0.39, 0.29) is 18.2 Å². The van der Waals surface area contributed by atoms with Gasteiger partial charge in [-0.3, -0.25) is 9.59 Å². The standard InChI is InChI=1S/C20H17N3O4/c24-19(16-11-14(27-23-16)10-13-6-2-1-3-7-13)22-17-12-26-18-9-5-4-8-15(18)21-20(17)25/h1-9,11,17H,10,12H2,(H,21,25)(H,22,24). The average Bonchev–Trinajstić information content (AvgIpc) is 3.09. The molecule has 1 atom stereocenters. The SMILES string of the molecule is O=C(NC1COc2ccccc2NC1=O)c1cc(Cc2ccccc2)on1. The van der Waals surface area contributed by atoms with Gasteiger partial charge in [0.25, 0.3) is 11.8 Å². The number of rotatable bonds is 4. The van der Waals surface area contributed by atoms with Crippen molar-refractivity contribution in [3.8, 4) is 5.75 Å². The largest absolute Gasteiger partial charge is 0.489 e. The third-order valence-electron chi connectivity index (χ3n) is 4.19. The van der Waals surface area contributed by atoms with Crippen molar-refractivity contribution in [1.29, 1.82) is 0 Å². The van der Waals surface area contributed by atoms with Crippen molar-refractivity contribution in [2.45, 2.75) is 12.5 Å². The van der Waals surface area contributed by atoms with Crippen LogP contribution in [0.3, 0.4) is 0 Å². The summed E-state index contributed by atoms with van der Waals surface area (Å²) < 4.78 is 10.8. The zero-order valence-electron chi connectivity index (χ0n) is 14.3. The number of para-hydroxylation sites is 2. The molecule has 136 valence electrons. The number of hydrogen-bond acceptors (Lipinski definition) is 5. The van der Waals surface area contributed by atoms with Crippen LogP contribution in [0.4, 0.5) is 5.69 Å². The molecule has 2 aromatic carbocycles. The molecule has 0 aliphatic carbocycles. The van der Waals surface area contributed by atoms with Crippen molar-refractivity contribution in [2.24, 2.45) is 0 Å². The maximum atomic E-state index is 12.4. The second-order valence-electron chi connectivity index (χ2n) is 6.16. The minimum Gasteiger partial charge on any atom is -0.489 e. The first-order chi connectivity index (χ1) is 13.2. The van der Waals surface area contributed by atoms with E-state index in [0.717, 1.165) is 5.56 Å². The van der Waals surface area contributed by atoms with E-state index in [1.54, 1.807) is 24.3 Å². The van der Waals surface area contributed by atoms with Gasteiger partial charge in [0.2, 0.25) is 0 Å². The van der Waals surface area contributed by atoms with Gasteiger partial charge in [0.1, 0.15) is 24.2 Å². The summed E-state index contributed by atoms with van der Waals surface area (Å²) in [4.78, 5) is 24.8. The Morgan fingerprint density at radius 3 is 2.78 bits per heavy atom. The molecule has 1 aliphatic heterocycles. The lowest BCUT2D eigenvalue weighted by atomic mass is 10.1. The van der Waals surface area contributed by atoms with Crippen LogP contribution in [0.5, 0.6) is 5.75 Å². The number of fused-ring (bicyclic) bond motifs is 1. The monoisotopic (exact) mass is 363 g/mol. The van der Waals surface area contributed by atoms with Crippen LogP contribution in [-0.2, 0) is 11.2 Å². The van der Waals surface area contributed by atoms with E-state index in [1.807, 2.05) is 36.4 Å². The van der Waals surface area contributed by atoms with E-state index in [1.165, 1.54) is 0 Å². The van der Waals surface area contributed by atoms with Gasteiger partial charge in [-0.05, 0) is 17.7 Å². The predicted molar refractivity (Wildman–Crippen MR) is 97.6 cm³/mol. The van der Waals surface area contributed by atoms with Crippen molar-refractivity contribution in [3.05, 3.63) is 77.7 Å². The molecular weight excluding hydrogens is 346 g/mol. The molecule has 2 amide bonds. The lowest BCUT2D eigenvalue weighted by Gasteiger charge is -2.13. The number of benzene rings is 2. The molecule has 2 heterocycles. The molecule has 7 heteroatoms. The number of carbonyl (C=O) groups is 2. The Hall–Kier alpha value is -3.61. The first-order valence-electron chi connectivity index (χ1n) is 8.52. The molecule has 1 unspecified atom stereocenters. The van der Waals surface area contributed by atoms with Crippen LogP contribution in [0.15, 0.2) is 65.2 Å². The number of nitrogens with one attached hydrogen (secondary N) is 2. The van der Waals surface area contributed by atoms with Crippen molar-refractivity contribution in [3.63, 3.8) is 0 Å². The van der Waals surface area contributed by atoms with Gasteiger partial charge < -0.3 is 19.9 Å². The zero-order chi connectivity index (χ0) is 18.6. The first kappa shape index (κ1) is 16.8. The summed E-state index contributed by atoms with van der Waals surface area (Å²) in [6, 6.07) is 17.6. The van der Waals surface area contributed by atoms with Gasteiger partial charge in [0, 0.05) is 12.5 Å². The lowest BCUT2D eigenvalue weighted by Crippen LogP contribution is -2.46. The second kappa shape index (κ2) is 7.33. The Bertz CT molecular complexity index is 968. The third-order valence-corrected chi connectivity index (χ3v) is 4.19. The Labute approximate surface area is 155 Å². The maximum Gasteiger partial charge on any atom is 0.274 e. The topological polar surface area (TPSA) is 93.5 Å². The molecule has 0 fully saturated rings. The van der Waals surface area contributed by atoms with E-state index >= 15 is 0 Å². The second-order valence-corrected chi connectivity index (χ2v) is 6.16. The fraction of sp³-hybridized carbons (Fsp3) is 0.150. The molecule has 2 N–H and O–H groups in total. The molecule has 1 aromatic heterocycles. The van der Waals surface area contributed by atoms with Crippen LogP contribution < -0.4 is 15.4 Å². The molecule has 0 bridgehead atoms. The number of ether oxygens (including phenoxy) is 1. The molecule has 0 spiro atoms. The molecule has 0 saturated carbocycles. The number of anilines is 1. The van der Waals surface area contributed by atoms with Crippen LogP contribution in [0.25, 0.3) is 0 Å². The number of nitrogens with zero attached hydrogens (tertiary/aromatic N) is 1. The fourth-order valence-corrected chi connectivity index (χ4v) is 2.80. The zero-order valence-corrected chi connectivity index (χ0v) is 14.3. The molecule has 0 radical (unpaired) electrons. The lowest BCUT2D eigenvalue weighted by molar-refractivity contribution is -0.118. The highest BCUT2D eigenvalue weighted by atomic mass is 16.5. The number of carbonyl (C=O) groups excluding carboxylic acids is 2. The predicted octanol–water partition coefficient (Wildman–Crippen LogP) is 2.39. The molecule has 0 saturated heterocycles. The molecule has 27 heavy (non-hydrogen) atoms. The third kappa shape index (κ3) is 3.82. The molecule has 3 aromatic rings. The van der Waals surface area contributed by atoms with Crippen molar-refractivity contribution >= 4 is 17.5 Å². The van der Waals surface area contributed by atoms with Crippen molar-refractivity contribution in [1.82, 2.24) is 10.5 Å². The minimum atomic E-state index is -0.834. The van der Waals surface area contributed by atoms with Gasteiger partial charge >= 0.3 is 0 Å². The summed E-state index contributed by atoms with van der Waals surface area (Å²) in [5.74, 6) is 0.295.